The van der Waals surface area contributed by atoms with Crippen molar-refractivity contribution in [1.82, 2.24) is 5.32 Å². The summed E-state index contributed by atoms with van der Waals surface area (Å²) in [4.78, 5) is 1.41. The van der Waals surface area contributed by atoms with Crippen molar-refractivity contribution >= 4 is 21.4 Å². The van der Waals surface area contributed by atoms with E-state index < -0.39 is 0 Å². The van der Waals surface area contributed by atoms with Crippen LogP contribution in [0.2, 0.25) is 0 Å². The molecule has 1 aliphatic heterocycles. The minimum absolute atomic E-state index is 1.08. The molecule has 1 aliphatic rings. The summed E-state index contributed by atoms with van der Waals surface area (Å²) in [6.45, 7) is 3.22. The first-order chi connectivity index (χ1) is 6.45. The van der Waals surface area contributed by atoms with E-state index in [1.807, 2.05) is 11.3 Å². The van der Waals surface area contributed by atoms with Gasteiger partial charge in [0.25, 0.3) is 0 Å². The fourth-order valence-electron chi connectivity index (χ4n) is 1.85. The van der Waals surface area contributed by atoms with Crippen molar-refractivity contribution in [2.45, 2.75) is 6.42 Å². The normalized spacial score (nSPS) is 16.0. The lowest BCUT2D eigenvalue weighted by Gasteiger charge is -2.11. The highest BCUT2D eigenvalue weighted by Crippen LogP contribution is 2.33. The first kappa shape index (κ1) is 7.54. The molecule has 1 aromatic carbocycles. The number of benzene rings is 1. The quantitative estimate of drug-likeness (QED) is 0.670. The summed E-state index contributed by atoms with van der Waals surface area (Å²) >= 11 is 1.88. The molecule has 0 saturated carbocycles. The van der Waals surface area contributed by atoms with Crippen molar-refractivity contribution < 1.29 is 0 Å². The van der Waals surface area contributed by atoms with Gasteiger partial charge in [0.05, 0.1) is 6.54 Å². The van der Waals surface area contributed by atoms with Gasteiger partial charge in [-0.15, -0.1) is 11.3 Å². The van der Waals surface area contributed by atoms with Crippen LogP contribution in [0.15, 0.2) is 24.3 Å². The maximum Gasteiger partial charge on any atom is 0.0624 e. The van der Waals surface area contributed by atoms with Gasteiger partial charge in [-0.1, -0.05) is 18.2 Å². The number of rotatable bonds is 0. The predicted octanol–water partition coefficient (Wildman–Crippen LogP) is 2.56. The maximum absolute atomic E-state index is 3.29. The highest BCUT2D eigenvalue weighted by molar-refractivity contribution is 7.19. The molecule has 0 unspecified atom stereocenters. The van der Waals surface area contributed by atoms with Gasteiger partial charge in [-0.2, -0.15) is 0 Å². The second kappa shape index (κ2) is 2.82. The van der Waals surface area contributed by atoms with Crippen molar-refractivity contribution in [1.29, 1.82) is 0 Å². The van der Waals surface area contributed by atoms with Crippen LogP contribution >= 0.6 is 11.3 Å². The molecule has 2 aromatic rings. The first-order valence-corrected chi connectivity index (χ1v) is 5.34. The van der Waals surface area contributed by atoms with Crippen LogP contribution < -0.4 is 5.32 Å². The lowest BCUT2D eigenvalue weighted by Crippen LogP contribution is -2.19. The summed E-state index contributed by atoms with van der Waals surface area (Å²) in [5, 5.41) is 4.73. The molecule has 2 heterocycles. The summed E-state index contributed by atoms with van der Waals surface area (Å²) in [7, 11) is 0. The summed E-state index contributed by atoms with van der Waals surface area (Å²) in [6, 6.07) is 8.66. The summed E-state index contributed by atoms with van der Waals surface area (Å²) in [5.74, 6) is 0. The average molecular weight is 188 g/mol. The smallest absolute Gasteiger partial charge is 0.0624 e. The molecule has 0 bridgehead atoms. The Bertz CT molecular complexity index is 444. The van der Waals surface area contributed by atoms with Crippen LogP contribution in [0.25, 0.3) is 10.1 Å². The highest BCUT2D eigenvalue weighted by Gasteiger charge is 2.14. The molecule has 1 radical (unpaired) electrons. The lowest BCUT2D eigenvalue weighted by atomic mass is 10.1. The van der Waals surface area contributed by atoms with Crippen LogP contribution in [0.3, 0.4) is 0 Å². The average Bonchev–Trinajstić information content (AvgIpc) is 2.56. The molecule has 1 aromatic heterocycles. The molecule has 0 aliphatic carbocycles. The molecule has 0 spiro atoms. The van der Waals surface area contributed by atoms with E-state index in [1.165, 1.54) is 20.5 Å². The van der Waals surface area contributed by atoms with Crippen LogP contribution in [0.5, 0.6) is 0 Å². The van der Waals surface area contributed by atoms with Crippen molar-refractivity contribution in [2.75, 3.05) is 6.54 Å². The number of hydrogen-bond acceptors (Lipinski definition) is 2. The van der Waals surface area contributed by atoms with Crippen molar-refractivity contribution in [2.24, 2.45) is 0 Å². The molecular formula is C11H10NS. The molecule has 0 saturated heterocycles. The molecule has 65 valence electrons. The summed E-state index contributed by atoms with van der Waals surface area (Å²) < 4.78 is 1.41. The van der Waals surface area contributed by atoms with Crippen molar-refractivity contribution in [3.05, 3.63) is 41.3 Å². The Kier molecular flexibility index (Phi) is 1.64. The molecular weight excluding hydrogens is 178 g/mol. The number of hydrogen-bond donors (Lipinski definition) is 1. The zero-order chi connectivity index (χ0) is 8.67. The Labute approximate surface area is 81.4 Å². The minimum Gasteiger partial charge on any atom is -0.307 e. The third kappa shape index (κ3) is 1.10. The Balaban J connectivity index is 2.34. The molecule has 0 fully saturated rings. The monoisotopic (exact) mass is 188 g/mol. The van der Waals surface area contributed by atoms with Crippen LogP contribution in [0.4, 0.5) is 0 Å². The van der Waals surface area contributed by atoms with Crippen LogP contribution in [-0.2, 0) is 6.42 Å². The van der Waals surface area contributed by atoms with Gasteiger partial charge in [0.2, 0.25) is 0 Å². The largest absolute Gasteiger partial charge is 0.307 e. The van der Waals surface area contributed by atoms with Gasteiger partial charge >= 0.3 is 0 Å². The Morgan fingerprint density at radius 1 is 1.23 bits per heavy atom. The van der Waals surface area contributed by atoms with Gasteiger partial charge in [-0.05, 0) is 30.0 Å². The molecule has 1 nitrogen and oxygen atoms in total. The van der Waals surface area contributed by atoms with Gasteiger partial charge in [-0.25, -0.2) is 0 Å². The third-order valence-electron chi connectivity index (χ3n) is 2.48. The zero-order valence-corrected chi connectivity index (χ0v) is 8.03. The summed E-state index contributed by atoms with van der Waals surface area (Å²) in [6.07, 6.45) is 1.16. The molecule has 3 rings (SSSR count). The fourth-order valence-corrected chi connectivity index (χ4v) is 3.02. The summed E-state index contributed by atoms with van der Waals surface area (Å²) in [5.41, 5.74) is 1.53. The Morgan fingerprint density at radius 3 is 3.15 bits per heavy atom. The Morgan fingerprint density at radius 2 is 2.15 bits per heavy atom. The molecule has 2 heteroatoms. The highest BCUT2D eigenvalue weighted by atomic mass is 32.1. The number of nitrogens with one attached hydrogen (secondary N) is 1. The van der Waals surface area contributed by atoms with Gasteiger partial charge in [0, 0.05) is 9.58 Å². The van der Waals surface area contributed by atoms with E-state index >= 15 is 0 Å². The second-order valence-electron chi connectivity index (χ2n) is 3.29. The molecule has 0 atom stereocenters. The van der Waals surface area contributed by atoms with Crippen molar-refractivity contribution in [3.8, 4) is 0 Å². The van der Waals surface area contributed by atoms with E-state index in [4.69, 9.17) is 0 Å². The predicted molar refractivity (Wildman–Crippen MR) is 56.9 cm³/mol. The number of thiophene rings is 1. The van der Waals surface area contributed by atoms with Crippen molar-refractivity contribution in [3.63, 3.8) is 0 Å². The molecule has 13 heavy (non-hydrogen) atoms. The van der Waals surface area contributed by atoms with Gasteiger partial charge in [-0.3, -0.25) is 0 Å². The Hall–Kier alpha value is -0.860. The minimum atomic E-state index is 1.08. The van der Waals surface area contributed by atoms with E-state index in [-0.39, 0.29) is 0 Å². The third-order valence-corrected chi connectivity index (χ3v) is 3.64. The van der Waals surface area contributed by atoms with Gasteiger partial charge in [0.15, 0.2) is 0 Å². The fraction of sp³-hybridized carbons (Fsp3) is 0.182. The maximum atomic E-state index is 3.29. The number of fused-ring (bicyclic) bond motifs is 3. The van der Waals surface area contributed by atoms with E-state index in [0.717, 1.165) is 13.0 Å². The van der Waals surface area contributed by atoms with E-state index in [9.17, 15) is 0 Å². The van der Waals surface area contributed by atoms with Gasteiger partial charge < -0.3 is 5.32 Å². The van der Waals surface area contributed by atoms with Crippen LogP contribution in [0, 0.1) is 6.54 Å². The van der Waals surface area contributed by atoms with Crippen LogP contribution in [-0.4, -0.2) is 6.54 Å². The van der Waals surface area contributed by atoms with E-state index in [2.05, 4.69) is 36.1 Å². The second-order valence-corrected chi connectivity index (χ2v) is 4.37. The molecule has 0 amide bonds. The lowest BCUT2D eigenvalue weighted by molar-refractivity contribution is 0.766. The molecule has 1 N–H and O–H groups in total. The van der Waals surface area contributed by atoms with E-state index in [1.54, 1.807) is 0 Å². The zero-order valence-electron chi connectivity index (χ0n) is 7.21. The van der Waals surface area contributed by atoms with Gasteiger partial charge in [0.1, 0.15) is 0 Å². The SMILES string of the molecule is [CH]1NCCc2c1sc1ccccc21. The standard InChI is InChI=1S/C11H10NS/c1-2-4-10-8(3-1)9-5-6-12-7-11(9)13-10/h1-4,7,12H,5-6H2. The van der Waals surface area contributed by atoms with E-state index in [0.29, 0.717) is 0 Å². The first-order valence-electron chi connectivity index (χ1n) is 4.52. The van der Waals surface area contributed by atoms with Crippen LogP contribution in [0.1, 0.15) is 10.4 Å². The topological polar surface area (TPSA) is 12.0 Å².